The highest BCUT2D eigenvalue weighted by Crippen LogP contribution is 2.23. The fourth-order valence-electron chi connectivity index (χ4n) is 2.70. The molecule has 1 aromatic rings. The van der Waals surface area contributed by atoms with Crippen LogP contribution in [0.3, 0.4) is 0 Å². The van der Waals surface area contributed by atoms with Crippen LogP contribution in [0.25, 0.3) is 0 Å². The number of anilines is 1. The van der Waals surface area contributed by atoms with E-state index in [2.05, 4.69) is 17.1 Å². The Morgan fingerprint density at radius 2 is 2.28 bits per heavy atom. The van der Waals surface area contributed by atoms with E-state index in [9.17, 15) is 4.39 Å². The number of rotatable bonds is 3. The molecule has 0 aliphatic carbocycles. The van der Waals surface area contributed by atoms with E-state index in [1.807, 2.05) is 19.1 Å². The van der Waals surface area contributed by atoms with Crippen molar-refractivity contribution in [3.8, 4) is 0 Å². The molecular weight excluding hydrogens is 227 g/mol. The van der Waals surface area contributed by atoms with E-state index in [0.717, 1.165) is 37.3 Å². The molecule has 1 atom stereocenters. The third kappa shape index (κ3) is 3.02. The molecular formula is C15H23FN2. The number of halogens is 1. The predicted molar refractivity (Wildman–Crippen MR) is 74.7 cm³/mol. The summed E-state index contributed by atoms with van der Waals surface area (Å²) in [6.07, 6.45) is 3.49. The van der Waals surface area contributed by atoms with E-state index in [1.165, 1.54) is 12.8 Å². The molecule has 1 aromatic carbocycles. The second-order valence-electron chi connectivity index (χ2n) is 5.12. The van der Waals surface area contributed by atoms with E-state index in [1.54, 1.807) is 6.07 Å². The largest absolute Gasteiger partial charge is 0.370 e. The highest BCUT2D eigenvalue weighted by molar-refractivity contribution is 5.53. The van der Waals surface area contributed by atoms with Gasteiger partial charge in [0.05, 0.1) is 0 Å². The quantitative estimate of drug-likeness (QED) is 0.886. The third-order valence-electron chi connectivity index (χ3n) is 3.70. The number of nitrogens with zero attached hydrogens (tertiary/aromatic N) is 1. The Kier molecular flexibility index (Phi) is 4.59. The molecule has 100 valence electrons. The second-order valence-corrected chi connectivity index (χ2v) is 5.12. The van der Waals surface area contributed by atoms with Crippen molar-refractivity contribution in [2.45, 2.75) is 39.2 Å². The van der Waals surface area contributed by atoms with Crippen LogP contribution in [0.5, 0.6) is 0 Å². The summed E-state index contributed by atoms with van der Waals surface area (Å²) in [7, 11) is 0. The first-order chi connectivity index (χ1) is 8.72. The summed E-state index contributed by atoms with van der Waals surface area (Å²) in [5.41, 5.74) is 1.83. The molecule has 1 aliphatic rings. The van der Waals surface area contributed by atoms with Crippen molar-refractivity contribution in [3.63, 3.8) is 0 Å². The maximum atomic E-state index is 13.6. The summed E-state index contributed by atoms with van der Waals surface area (Å²) in [5, 5.41) is 3.58. The van der Waals surface area contributed by atoms with Crippen LogP contribution in [0.15, 0.2) is 18.2 Å². The van der Waals surface area contributed by atoms with Gasteiger partial charge in [-0.3, -0.25) is 0 Å². The predicted octanol–water partition coefficient (Wildman–Crippen LogP) is 3.10. The monoisotopic (exact) mass is 250 g/mol. The van der Waals surface area contributed by atoms with Crippen LogP contribution >= 0.6 is 0 Å². The van der Waals surface area contributed by atoms with E-state index in [0.29, 0.717) is 6.04 Å². The van der Waals surface area contributed by atoms with Crippen molar-refractivity contribution < 1.29 is 4.39 Å². The van der Waals surface area contributed by atoms with E-state index >= 15 is 0 Å². The summed E-state index contributed by atoms with van der Waals surface area (Å²) in [6.45, 7) is 7.15. The topological polar surface area (TPSA) is 15.3 Å². The molecule has 0 amide bonds. The first-order valence-electron chi connectivity index (χ1n) is 6.95. The Hall–Kier alpha value is -1.09. The molecule has 1 unspecified atom stereocenters. The summed E-state index contributed by atoms with van der Waals surface area (Å²) in [6, 6.07) is 5.91. The Balaban J connectivity index is 2.17. The first kappa shape index (κ1) is 13.3. The highest BCUT2D eigenvalue weighted by Gasteiger charge is 2.19. The molecule has 0 bridgehead atoms. The maximum absolute atomic E-state index is 13.6. The molecule has 1 fully saturated rings. The molecule has 0 spiro atoms. The van der Waals surface area contributed by atoms with Crippen molar-refractivity contribution in [2.75, 3.05) is 24.5 Å². The second kappa shape index (κ2) is 6.19. The lowest BCUT2D eigenvalue weighted by molar-refractivity contribution is 0.502. The molecule has 1 N–H and O–H groups in total. The van der Waals surface area contributed by atoms with Gasteiger partial charge in [-0.05, 0) is 38.4 Å². The van der Waals surface area contributed by atoms with Gasteiger partial charge in [0.25, 0.3) is 0 Å². The lowest BCUT2D eigenvalue weighted by Gasteiger charge is -2.28. The van der Waals surface area contributed by atoms with Crippen molar-refractivity contribution in [1.29, 1.82) is 0 Å². The highest BCUT2D eigenvalue weighted by atomic mass is 19.1. The third-order valence-corrected chi connectivity index (χ3v) is 3.70. The van der Waals surface area contributed by atoms with Gasteiger partial charge in [-0.15, -0.1) is 0 Å². The Bertz CT molecular complexity index is 392. The zero-order valence-corrected chi connectivity index (χ0v) is 11.4. The minimum atomic E-state index is -0.100. The van der Waals surface area contributed by atoms with Gasteiger partial charge in [0.2, 0.25) is 0 Å². The van der Waals surface area contributed by atoms with E-state index in [-0.39, 0.29) is 5.82 Å². The standard InChI is InChI=1S/C15H23FN2/c1-3-6-13-11-18(10-5-9-17-13)15-8-4-7-14(16)12(15)2/h4,7-8,13,17H,3,5-6,9-11H2,1-2H3. The molecule has 2 nitrogen and oxygen atoms in total. The number of hydrogen-bond donors (Lipinski definition) is 1. The average Bonchev–Trinajstić information content (AvgIpc) is 2.59. The van der Waals surface area contributed by atoms with Gasteiger partial charge in [0, 0.05) is 30.4 Å². The Labute approximate surface area is 109 Å². The summed E-state index contributed by atoms with van der Waals surface area (Å²) >= 11 is 0. The van der Waals surface area contributed by atoms with Gasteiger partial charge in [0.15, 0.2) is 0 Å². The molecule has 0 saturated carbocycles. The van der Waals surface area contributed by atoms with Crippen LogP contribution < -0.4 is 10.2 Å². The van der Waals surface area contributed by atoms with Gasteiger partial charge >= 0.3 is 0 Å². The molecule has 0 aromatic heterocycles. The van der Waals surface area contributed by atoms with Crippen LogP contribution in [-0.4, -0.2) is 25.7 Å². The van der Waals surface area contributed by atoms with E-state index < -0.39 is 0 Å². The SMILES string of the molecule is CCCC1CN(c2cccc(F)c2C)CCCN1. The normalized spacial score (nSPS) is 20.8. The van der Waals surface area contributed by atoms with Crippen molar-refractivity contribution >= 4 is 5.69 Å². The van der Waals surface area contributed by atoms with Crippen LogP contribution in [0, 0.1) is 12.7 Å². The summed E-state index contributed by atoms with van der Waals surface area (Å²) < 4.78 is 13.6. The van der Waals surface area contributed by atoms with Crippen LogP contribution in [0.4, 0.5) is 10.1 Å². The van der Waals surface area contributed by atoms with Gasteiger partial charge in [-0.2, -0.15) is 0 Å². The van der Waals surface area contributed by atoms with Crippen LogP contribution in [-0.2, 0) is 0 Å². The van der Waals surface area contributed by atoms with Crippen molar-refractivity contribution in [2.24, 2.45) is 0 Å². The fourth-order valence-corrected chi connectivity index (χ4v) is 2.70. The van der Waals surface area contributed by atoms with E-state index in [4.69, 9.17) is 0 Å². The maximum Gasteiger partial charge on any atom is 0.128 e. The van der Waals surface area contributed by atoms with Crippen molar-refractivity contribution in [3.05, 3.63) is 29.6 Å². The average molecular weight is 250 g/mol. The van der Waals surface area contributed by atoms with Gasteiger partial charge in [-0.1, -0.05) is 19.4 Å². The number of nitrogens with one attached hydrogen (secondary N) is 1. The van der Waals surface area contributed by atoms with Gasteiger partial charge < -0.3 is 10.2 Å². The summed E-state index contributed by atoms with van der Waals surface area (Å²) in [5.74, 6) is -0.100. The van der Waals surface area contributed by atoms with Crippen LogP contribution in [0.1, 0.15) is 31.7 Å². The van der Waals surface area contributed by atoms with Gasteiger partial charge in [-0.25, -0.2) is 4.39 Å². The number of benzene rings is 1. The lowest BCUT2D eigenvalue weighted by Crippen LogP contribution is -2.37. The molecule has 18 heavy (non-hydrogen) atoms. The van der Waals surface area contributed by atoms with Gasteiger partial charge in [0.1, 0.15) is 5.82 Å². The minimum Gasteiger partial charge on any atom is -0.370 e. The number of hydrogen-bond acceptors (Lipinski definition) is 2. The van der Waals surface area contributed by atoms with Crippen LogP contribution in [0.2, 0.25) is 0 Å². The lowest BCUT2D eigenvalue weighted by atomic mass is 10.1. The molecule has 1 aliphatic heterocycles. The Morgan fingerprint density at radius 1 is 1.44 bits per heavy atom. The first-order valence-corrected chi connectivity index (χ1v) is 6.95. The fraction of sp³-hybridized carbons (Fsp3) is 0.600. The Morgan fingerprint density at radius 3 is 3.06 bits per heavy atom. The molecule has 0 radical (unpaired) electrons. The molecule has 2 rings (SSSR count). The molecule has 1 saturated heterocycles. The molecule has 3 heteroatoms. The zero-order valence-electron chi connectivity index (χ0n) is 11.4. The molecule has 1 heterocycles. The zero-order chi connectivity index (χ0) is 13.0. The van der Waals surface area contributed by atoms with Crippen molar-refractivity contribution in [1.82, 2.24) is 5.32 Å². The minimum absolute atomic E-state index is 0.100. The summed E-state index contributed by atoms with van der Waals surface area (Å²) in [4.78, 5) is 2.33. The smallest absolute Gasteiger partial charge is 0.128 e.